The zero-order chi connectivity index (χ0) is 19.6. The SMILES string of the molecule is Cn1cc(C(=O)Nc2ccccc2Oc2ccccc2F)c(C(F)(F)F)n1. The fourth-order valence-electron chi connectivity index (χ4n) is 2.36. The second-order valence-electron chi connectivity index (χ2n) is 5.55. The Hall–Kier alpha value is -3.36. The number of nitrogens with zero attached hydrogens (tertiary/aromatic N) is 2. The number of benzene rings is 2. The number of para-hydroxylation sites is 3. The molecule has 0 aliphatic carbocycles. The van der Waals surface area contributed by atoms with Crippen LogP contribution in [0.25, 0.3) is 0 Å². The van der Waals surface area contributed by atoms with Crippen LogP contribution in [-0.4, -0.2) is 15.7 Å². The summed E-state index contributed by atoms with van der Waals surface area (Å²) < 4.78 is 59.3. The van der Waals surface area contributed by atoms with Gasteiger partial charge in [0.2, 0.25) is 0 Å². The molecule has 0 fully saturated rings. The number of aryl methyl sites for hydroxylation is 1. The Morgan fingerprint density at radius 2 is 1.70 bits per heavy atom. The van der Waals surface area contributed by atoms with Gasteiger partial charge in [-0.2, -0.15) is 18.3 Å². The summed E-state index contributed by atoms with van der Waals surface area (Å²) in [7, 11) is 1.28. The van der Waals surface area contributed by atoms with Gasteiger partial charge < -0.3 is 10.1 Å². The van der Waals surface area contributed by atoms with Crippen molar-refractivity contribution in [1.29, 1.82) is 0 Å². The van der Waals surface area contributed by atoms with Gasteiger partial charge in [-0.3, -0.25) is 9.48 Å². The zero-order valence-corrected chi connectivity index (χ0v) is 13.9. The number of hydrogen-bond acceptors (Lipinski definition) is 3. The summed E-state index contributed by atoms with van der Waals surface area (Å²) in [5, 5.41) is 5.65. The lowest BCUT2D eigenvalue weighted by Crippen LogP contribution is -2.18. The first-order valence-corrected chi connectivity index (χ1v) is 7.69. The standard InChI is InChI=1S/C18H13F4N3O2/c1-25-10-11(16(24-25)18(20,21)22)17(26)23-13-7-3-5-9-15(13)27-14-8-4-2-6-12(14)19/h2-10H,1H3,(H,23,26). The van der Waals surface area contributed by atoms with Crippen LogP contribution in [0.1, 0.15) is 16.1 Å². The summed E-state index contributed by atoms with van der Waals surface area (Å²) >= 11 is 0. The maximum Gasteiger partial charge on any atom is 0.435 e. The number of halogens is 4. The number of amides is 1. The predicted molar refractivity (Wildman–Crippen MR) is 89.1 cm³/mol. The number of carbonyl (C=O) groups excluding carboxylic acids is 1. The molecule has 1 amide bonds. The van der Waals surface area contributed by atoms with E-state index in [4.69, 9.17) is 4.74 Å². The Bertz CT molecular complexity index is 983. The maximum atomic E-state index is 13.8. The van der Waals surface area contributed by atoms with Crippen molar-refractivity contribution in [2.75, 3.05) is 5.32 Å². The average Bonchev–Trinajstić information content (AvgIpc) is 3.01. The van der Waals surface area contributed by atoms with Gasteiger partial charge in [0.05, 0.1) is 11.3 Å². The molecule has 2 aromatic carbocycles. The minimum absolute atomic E-state index is 0.0772. The number of nitrogens with one attached hydrogen (secondary N) is 1. The fourth-order valence-corrected chi connectivity index (χ4v) is 2.36. The van der Waals surface area contributed by atoms with Gasteiger partial charge in [-0.15, -0.1) is 0 Å². The molecule has 1 aromatic heterocycles. The quantitative estimate of drug-likeness (QED) is 0.673. The first-order valence-electron chi connectivity index (χ1n) is 7.69. The molecule has 0 bridgehead atoms. The van der Waals surface area contributed by atoms with E-state index in [0.717, 1.165) is 10.9 Å². The number of ether oxygens (including phenoxy) is 1. The van der Waals surface area contributed by atoms with Gasteiger partial charge in [-0.05, 0) is 24.3 Å². The second-order valence-corrected chi connectivity index (χ2v) is 5.55. The summed E-state index contributed by atoms with van der Waals surface area (Å²) in [6.07, 6.45) is -3.81. The van der Waals surface area contributed by atoms with Gasteiger partial charge in [0.15, 0.2) is 23.0 Å². The monoisotopic (exact) mass is 379 g/mol. The Morgan fingerprint density at radius 3 is 2.37 bits per heavy atom. The van der Waals surface area contributed by atoms with E-state index >= 15 is 0 Å². The Morgan fingerprint density at radius 1 is 1.07 bits per heavy atom. The van der Waals surface area contributed by atoms with E-state index in [-0.39, 0.29) is 17.2 Å². The van der Waals surface area contributed by atoms with Gasteiger partial charge >= 0.3 is 6.18 Å². The number of carbonyl (C=O) groups is 1. The Kier molecular flexibility index (Phi) is 4.85. The molecule has 0 aliphatic rings. The van der Waals surface area contributed by atoms with Crippen molar-refractivity contribution in [1.82, 2.24) is 9.78 Å². The molecule has 0 saturated heterocycles. The van der Waals surface area contributed by atoms with Crippen LogP contribution < -0.4 is 10.1 Å². The Labute approximate surface area is 151 Å². The molecule has 0 atom stereocenters. The van der Waals surface area contributed by atoms with E-state index in [2.05, 4.69) is 10.4 Å². The number of anilines is 1. The third kappa shape index (κ3) is 4.08. The van der Waals surface area contributed by atoms with Crippen molar-refractivity contribution >= 4 is 11.6 Å². The molecule has 1 N–H and O–H groups in total. The lowest BCUT2D eigenvalue weighted by Gasteiger charge is -2.13. The van der Waals surface area contributed by atoms with Gasteiger partial charge in [0.1, 0.15) is 0 Å². The van der Waals surface area contributed by atoms with E-state index in [1.54, 1.807) is 18.2 Å². The first kappa shape index (κ1) is 18.4. The summed E-state index contributed by atoms with van der Waals surface area (Å²) in [6, 6.07) is 11.6. The van der Waals surface area contributed by atoms with Gasteiger partial charge in [0.25, 0.3) is 5.91 Å². The van der Waals surface area contributed by atoms with Crippen LogP contribution in [0.4, 0.5) is 23.2 Å². The smallest absolute Gasteiger partial charge is 0.435 e. The topological polar surface area (TPSA) is 56.2 Å². The molecule has 3 aromatic rings. The highest BCUT2D eigenvalue weighted by Gasteiger charge is 2.39. The van der Waals surface area contributed by atoms with Gasteiger partial charge in [0, 0.05) is 13.2 Å². The summed E-state index contributed by atoms with van der Waals surface area (Å²) in [5.74, 6) is -1.64. The van der Waals surface area contributed by atoms with Crippen molar-refractivity contribution in [3.63, 3.8) is 0 Å². The van der Waals surface area contributed by atoms with Crippen molar-refractivity contribution < 1.29 is 27.1 Å². The van der Waals surface area contributed by atoms with E-state index in [1.807, 2.05) is 0 Å². The molecule has 0 saturated carbocycles. The van der Waals surface area contributed by atoms with Crippen LogP contribution in [0.3, 0.4) is 0 Å². The highest BCUT2D eigenvalue weighted by atomic mass is 19.4. The van der Waals surface area contributed by atoms with Crippen LogP contribution in [-0.2, 0) is 13.2 Å². The fraction of sp³-hybridized carbons (Fsp3) is 0.111. The number of aromatic nitrogens is 2. The van der Waals surface area contributed by atoms with Crippen molar-refractivity contribution in [2.24, 2.45) is 7.05 Å². The predicted octanol–water partition coefficient (Wildman–Crippen LogP) is 4.62. The molecule has 5 nitrogen and oxygen atoms in total. The van der Waals surface area contributed by atoms with Crippen LogP contribution in [0, 0.1) is 5.82 Å². The molecular weight excluding hydrogens is 366 g/mol. The molecule has 0 spiro atoms. The van der Waals surface area contributed by atoms with E-state index in [9.17, 15) is 22.4 Å². The normalized spacial score (nSPS) is 11.3. The van der Waals surface area contributed by atoms with Gasteiger partial charge in [-0.25, -0.2) is 4.39 Å². The lowest BCUT2D eigenvalue weighted by atomic mass is 10.2. The molecule has 9 heteroatoms. The van der Waals surface area contributed by atoms with E-state index < -0.39 is 29.2 Å². The maximum absolute atomic E-state index is 13.8. The molecule has 0 aliphatic heterocycles. The minimum atomic E-state index is -4.78. The highest BCUT2D eigenvalue weighted by molar-refractivity contribution is 6.05. The number of hydrogen-bond donors (Lipinski definition) is 1. The largest absolute Gasteiger partial charge is 0.452 e. The molecule has 0 radical (unpaired) electrons. The molecule has 1 heterocycles. The zero-order valence-electron chi connectivity index (χ0n) is 13.9. The van der Waals surface area contributed by atoms with Crippen molar-refractivity contribution in [3.05, 3.63) is 71.8 Å². The van der Waals surface area contributed by atoms with Crippen molar-refractivity contribution in [3.8, 4) is 11.5 Å². The minimum Gasteiger partial charge on any atom is -0.452 e. The molecule has 0 unspecified atom stereocenters. The van der Waals surface area contributed by atoms with Gasteiger partial charge in [-0.1, -0.05) is 24.3 Å². The summed E-state index contributed by atoms with van der Waals surface area (Å²) in [6.45, 7) is 0. The van der Waals surface area contributed by atoms with E-state index in [1.165, 1.54) is 37.4 Å². The molecule has 140 valence electrons. The second kappa shape index (κ2) is 7.10. The highest BCUT2D eigenvalue weighted by Crippen LogP contribution is 2.33. The van der Waals surface area contributed by atoms with Crippen LogP contribution in [0.15, 0.2) is 54.7 Å². The van der Waals surface area contributed by atoms with Crippen LogP contribution in [0.2, 0.25) is 0 Å². The molecule has 3 rings (SSSR count). The van der Waals surface area contributed by atoms with Crippen molar-refractivity contribution in [2.45, 2.75) is 6.18 Å². The van der Waals surface area contributed by atoms with E-state index in [0.29, 0.717) is 0 Å². The third-order valence-electron chi connectivity index (χ3n) is 3.53. The molecular formula is C18H13F4N3O2. The third-order valence-corrected chi connectivity index (χ3v) is 3.53. The summed E-state index contributed by atoms with van der Waals surface area (Å²) in [5.41, 5.74) is -1.84. The number of rotatable bonds is 4. The Balaban J connectivity index is 1.89. The average molecular weight is 379 g/mol. The first-order chi connectivity index (χ1) is 12.8. The number of alkyl halides is 3. The lowest BCUT2D eigenvalue weighted by molar-refractivity contribution is -0.141. The van der Waals surface area contributed by atoms with Crippen LogP contribution >= 0.6 is 0 Å². The van der Waals surface area contributed by atoms with Crippen LogP contribution in [0.5, 0.6) is 11.5 Å². The summed E-state index contributed by atoms with van der Waals surface area (Å²) in [4.78, 5) is 12.4. The molecule has 27 heavy (non-hydrogen) atoms.